The van der Waals surface area contributed by atoms with E-state index in [1.165, 1.54) is 0 Å². The molecule has 4 heteroatoms. The summed E-state index contributed by atoms with van der Waals surface area (Å²) in [5, 5.41) is 6.21. The van der Waals surface area contributed by atoms with Crippen molar-refractivity contribution in [1.82, 2.24) is 15.6 Å². The van der Waals surface area contributed by atoms with Gasteiger partial charge in [-0.2, -0.15) is 0 Å². The van der Waals surface area contributed by atoms with Gasteiger partial charge < -0.3 is 10.6 Å². The average Bonchev–Trinajstić information content (AvgIpc) is 2.74. The lowest BCUT2D eigenvalue weighted by molar-refractivity contribution is -0.125. The Bertz CT molecular complexity index is 388. The maximum atomic E-state index is 11.9. The Morgan fingerprint density at radius 1 is 1.53 bits per heavy atom. The van der Waals surface area contributed by atoms with Gasteiger partial charge >= 0.3 is 0 Å². The van der Waals surface area contributed by atoms with Crippen LogP contribution in [0.4, 0.5) is 0 Å². The van der Waals surface area contributed by atoms with E-state index in [-0.39, 0.29) is 11.8 Å². The van der Waals surface area contributed by atoms with E-state index in [2.05, 4.69) is 22.5 Å². The van der Waals surface area contributed by atoms with Crippen LogP contribution in [0.1, 0.15) is 18.2 Å². The molecular formula is C13H19N3O. The van der Waals surface area contributed by atoms with E-state index in [1.54, 1.807) is 0 Å². The Balaban J connectivity index is 1.85. The highest BCUT2D eigenvalue weighted by atomic mass is 16.1. The Labute approximate surface area is 102 Å². The SMILES string of the molecule is Cc1ccc(CNC(=O)[C@@H]2CNC[C@H]2C)cn1. The van der Waals surface area contributed by atoms with Gasteiger partial charge in [0.25, 0.3) is 0 Å². The minimum absolute atomic E-state index is 0.105. The van der Waals surface area contributed by atoms with Gasteiger partial charge in [-0.05, 0) is 31.0 Å². The summed E-state index contributed by atoms with van der Waals surface area (Å²) < 4.78 is 0. The van der Waals surface area contributed by atoms with Gasteiger partial charge in [-0.15, -0.1) is 0 Å². The van der Waals surface area contributed by atoms with Crippen LogP contribution in [-0.2, 0) is 11.3 Å². The van der Waals surface area contributed by atoms with E-state index < -0.39 is 0 Å². The smallest absolute Gasteiger partial charge is 0.224 e. The maximum absolute atomic E-state index is 11.9. The first kappa shape index (κ1) is 12.0. The van der Waals surface area contributed by atoms with Crippen molar-refractivity contribution in [2.75, 3.05) is 13.1 Å². The van der Waals surface area contributed by atoms with Crippen molar-refractivity contribution < 1.29 is 4.79 Å². The topological polar surface area (TPSA) is 54.0 Å². The van der Waals surface area contributed by atoms with Crippen molar-refractivity contribution in [2.45, 2.75) is 20.4 Å². The highest BCUT2D eigenvalue weighted by molar-refractivity contribution is 5.79. The molecule has 2 rings (SSSR count). The van der Waals surface area contributed by atoms with Crippen molar-refractivity contribution in [3.63, 3.8) is 0 Å². The molecule has 1 aromatic rings. The summed E-state index contributed by atoms with van der Waals surface area (Å²) in [6.07, 6.45) is 1.81. The second kappa shape index (κ2) is 5.27. The molecule has 1 fully saturated rings. The zero-order chi connectivity index (χ0) is 12.3. The van der Waals surface area contributed by atoms with Crippen molar-refractivity contribution >= 4 is 5.91 Å². The lowest BCUT2D eigenvalue weighted by atomic mass is 9.97. The molecule has 0 radical (unpaired) electrons. The summed E-state index contributed by atoms with van der Waals surface area (Å²) >= 11 is 0. The molecule has 0 aromatic carbocycles. The van der Waals surface area contributed by atoms with Gasteiger partial charge in [-0.25, -0.2) is 0 Å². The van der Waals surface area contributed by atoms with Gasteiger partial charge in [-0.3, -0.25) is 9.78 Å². The Kier molecular flexibility index (Phi) is 3.74. The molecule has 2 heterocycles. The van der Waals surface area contributed by atoms with Crippen LogP contribution in [-0.4, -0.2) is 24.0 Å². The van der Waals surface area contributed by atoms with Gasteiger partial charge in [0.2, 0.25) is 5.91 Å². The minimum atomic E-state index is 0.105. The Hall–Kier alpha value is -1.42. The van der Waals surface area contributed by atoms with Crippen molar-refractivity contribution in [3.05, 3.63) is 29.6 Å². The van der Waals surface area contributed by atoms with E-state index in [0.29, 0.717) is 12.5 Å². The number of nitrogens with zero attached hydrogens (tertiary/aromatic N) is 1. The normalized spacial score (nSPS) is 23.6. The van der Waals surface area contributed by atoms with Crippen LogP contribution in [0, 0.1) is 18.8 Å². The van der Waals surface area contributed by atoms with Gasteiger partial charge in [0, 0.05) is 25.0 Å². The standard InChI is InChI=1S/C13H19N3O/c1-9-5-14-8-12(9)13(17)16-7-11-4-3-10(2)15-6-11/h3-4,6,9,12,14H,5,7-8H2,1-2H3,(H,16,17)/t9-,12-/m1/s1. The third-order valence-corrected chi connectivity index (χ3v) is 3.29. The monoisotopic (exact) mass is 233 g/mol. The van der Waals surface area contributed by atoms with E-state index in [1.807, 2.05) is 25.3 Å². The number of carbonyl (C=O) groups is 1. The van der Waals surface area contributed by atoms with Crippen LogP contribution < -0.4 is 10.6 Å². The second-order valence-corrected chi connectivity index (χ2v) is 4.77. The summed E-state index contributed by atoms with van der Waals surface area (Å²) in [5.41, 5.74) is 2.04. The van der Waals surface area contributed by atoms with Crippen LogP contribution in [0.3, 0.4) is 0 Å². The van der Waals surface area contributed by atoms with Crippen molar-refractivity contribution in [1.29, 1.82) is 0 Å². The number of hydrogen-bond acceptors (Lipinski definition) is 3. The molecule has 0 spiro atoms. The quantitative estimate of drug-likeness (QED) is 0.814. The zero-order valence-corrected chi connectivity index (χ0v) is 10.4. The molecule has 1 aliphatic heterocycles. The summed E-state index contributed by atoms with van der Waals surface area (Å²) in [6.45, 7) is 6.35. The second-order valence-electron chi connectivity index (χ2n) is 4.77. The highest BCUT2D eigenvalue weighted by Crippen LogP contribution is 2.15. The molecule has 2 N–H and O–H groups in total. The predicted molar refractivity (Wildman–Crippen MR) is 66.3 cm³/mol. The Morgan fingerprint density at radius 3 is 2.94 bits per heavy atom. The zero-order valence-electron chi connectivity index (χ0n) is 10.4. The number of aryl methyl sites for hydroxylation is 1. The van der Waals surface area contributed by atoms with Gasteiger partial charge in [0.1, 0.15) is 0 Å². The lowest BCUT2D eigenvalue weighted by Gasteiger charge is -2.14. The molecule has 0 saturated carbocycles. The number of nitrogens with one attached hydrogen (secondary N) is 2. The molecule has 1 amide bonds. The molecule has 1 aromatic heterocycles. The van der Waals surface area contributed by atoms with Gasteiger partial charge in [0.15, 0.2) is 0 Å². The third kappa shape index (κ3) is 3.03. The van der Waals surface area contributed by atoms with Crippen molar-refractivity contribution in [2.24, 2.45) is 11.8 Å². The molecular weight excluding hydrogens is 214 g/mol. The lowest BCUT2D eigenvalue weighted by Crippen LogP contribution is -2.33. The first-order valence-corrected chi connectivity index (χ1v) is 6.07. The number of pyridine rings is 1. The number of hydrogen-bond donors (Lipinski definition) is 2. The molecule has 0 bridgehead atoms. The first-order chi connectivity index (χ1) is 8.16. The molecule has 2 atom stereocenters. The van der Waals surface area contributed by atoms with E-state index >= 15 is 0 Å². The van der Waals surface area contributed by atoms with Crippen LogP contribution in [0.2, 0.25) is 0 Å². The predicted octanol–water partition coefficient (Wildman–Crippen LogP) is 0.862. The minimum Gasteiger partial charge on any atom is -0.352 e. The average molecular weight is 233 g/mol. The van der Waals surface area contributed by atoms with E-state index in [0.717, 1.165) is 24.3 Å². The molecule has 4 nitrogen and oxygen atoms in total. The number of carbonyl (C=O) groups excluding carboxylic acids is 1. The maximum Gasteiger partial charge on any atom is 0.224 e. The van der Waals surface area contributed by atoms with E-state index in [9.17, 15) is 4.79 Å². The summed E-state index contributed by atoms with van der Waals surface area (Å²) in [7, 11) is 0. The third-order valence-electron chi connectivity index (χ3n) is 3.29. The molecule has 92 valence electrons. The van der Waals surface area contributed by atoms with Crippen molar-refractivity contribution in [3.8, 4) is 0 Å². The summed E-state index contributed by atoms with van der Waals surface area (Å²) in [6, 6.07) is 3.96. The Morgan fingerprint density at radius 2 is 2.35 bits per heavy atom. The van der Waals surface area contributed by atoms with E-state index in [4.69, 9.17) is 0 Å². The fourth-order valence-electron chi connectivity index (χ4n) is 2.08. The first-order valence-electron chi connectivity index (χ1n) is 6.07. The summed E-state index contributed by atoms with van der Waals surface area (Å²) in [4.78, 5) is 16.1. The number of amides is 1. The fourth-order valence-corrected chi connectivity index (χ4v) is 2.08. The fraction of sp³-hybridized carbons (Fsp3) is 0.538. The number of rotatable bonds is 3. The van der Waals surface area contributed by atoms with Crippen LogP contribution >= 0.6 is 0 Å². The van der Waals surface area contributed by atoms with Gasteiger partial charge in [0.05, 0.1) is 5.92 Å². The van der Waals surface area contributed by atoms with Crippen LogP contribution in [0.15, 0.2) is 18.3 Å². The highest BCUT2D eigenvalue weighted by Gasteiger charge is 2.29. The molecule has 1 aliphatic rings. The van der Waals surface area contributed by atoms with Gasteiger partial charge in [-0.1, -0.05) is 13.0 Å². The largest absolute Gasteiger partial charge is 0.352 e. The van der Waals surface area contributed by atoms with Crippen LogP contribution in [0.5, 0.6) is 0 Å². The number of aromatic nitrogens is 1. The van der Waals surface area contributed by atoms with Crippen LogP contribution in [0.25, 0.3) is 0 Å². The molecule has 0 aliphatic carbocycles. The molecule has 1 saturated heterocycles. The summed E-state index contributed by atoms with van der Waals surface area (Å²) in [5.74, 6) is 0.669. The molecule has 0 unspecified atom stereocenters. The molecule has 17 heavy (non-hydrogen) atoms.